The number of aromatic nitrogens is 2. The van der Waals surface area contributed by atoms with Gasteiger partial charge >= 0.3 is 0 Å². The number of benzene rings is 1. The van der Waals surface area contributed by atoms with Gasteiger partial charge in [0.25, 0.3) is 5.91 Å². The van der Waals surface area contributed by atoms with Crippen molar-refractivity contribution in [2.45, 2.75) is 0 Å². The summed E-state index contributed by atoms with van der Waals surface area (Å²) in [7, 11) is 3.15. The molecule has 140 valence electrons. The highest BCUT2D eigenvalue weighted by Crippen LogP contribution is 2.29. The first kappa shape index (κ1) is 17.5. The average Bonchev–Trinajstić information content (AvgIpc) is 3.17. The smallest absolute Gasteiger partial charge is 0.257 e. The predicted octanol–water partition coefficient (Wildman–Crippen LogP) is 2.67. The van der Waals surface area contributed by atoms with Crippen molar-refractivity contribution < 1.29 is 14.3 Å². The molecule has 3 aromatic rings. The van der Waals surface area contributed by atoms with Gasteiger partial charge in [-0.3, -0.25) is 4.79 Å². The van der Waals surface area contributed by atoms with Crippen LogP contribution in [0.4, 0.5) is 5.13 Å². The van der Waals surface area contributed by atoms with Crippen molar-refractivity contribution in [2.75, 3.05) is 45.3 Å². The second-order valence-corrected chi connectivity index (χ2v) is 7.13. The molecule has 3 heterocycles. The molecule has 0 unspecified atom stereocenters. The summed E-state index contributed by atoms with van der Waals surface area (Å²) in [4.78, 5) is 26.9. The number of hydrogen-bond donors (Lipinski definition) is 0. The fourth-order valence-electron chi connectivity index (χ4n) is 3.14. The minimum Gasteiger partial charge on any atom is -0.497 e. The highest BCUT2D eigenvalue weighted by atomic mass is 32.1. The average molecular weight is 384 g/mol. The molecule has 27 heavy (non-hydrogen) atoms. The van der Waals surface area contributed by atoms with E-state index in [9.17, 15) is 4.79 Å². The van der Waals surface area contributed by atoms with Gasteiger partial charge in [0.2, 0.25) is 0 Å². The minimum atomic E-state index is -0.0277. The van der Waals surface area contributed by atoms with Crippen molar-refractivity contribution in [3.05, 3.63) is 42.1 Å². The summed E-state index contributed by atoms with van der Waals surface area (Å²) in [6, 6.07) is 9.13. The van der Waals surface area contributed by atoms with Gasteiger partial charge in [0.1, 0.15) is 21.8 Å². The molecule has 1 aliphatic rings. The first-order chi connectivity index (χ1) is 13.2. The molecule has 1 aromatic carbocycles. The number of piperazine rings is 1. The molecule has 7 nitrogen and oxygen atoms in total. The fourth-order valence-corrected chi connectivity index (χ4v) is 4.10. The molecule has 2 aromatic heterocycles. The first-order valence-corrected chi connectivity index (χ1v) is 9.49. The summed E-state index contributed by atoms with van der Waals surface area (Å²) in [5.41, 5.74) is 1.47. The summed E-state index contributed by atoms with van der Waals surface area (Å²) in [5.74, 6) is 1.16. The molecule has 0 aliphatic carbocycles. The number of rotatable bonds is 4. The Hall–Kier alpha value is -2.87. The number of methoxy groups -OCH3 is 2. The molecular weight excluding hydrogens is 364 g/mol. The molecule has 8 heteroatoms. The van der Waals surface area contributed by atoms with E-state index in [-0.39, 0.29) is 5.91 Å². The van der Waals surface area contributed by atoms with Crippen LogP contribution in [-0.4, -0.2) is 61.2 Å². The predicted molar refractivity (Wildman–Crippen MR) is 105 cm³/mol. The summed E-state index contributed by atoms with van der Waals surface area (Å²) >= 11 is 1.59. The van der Waals surface area contributed by atoms with Crippen molar-refractivity contribution in [3.8, 4) is 11.5 Å². The standard InChI is InChI=1S/C19H20N4O3S/c1-25-13-5-6-14(16(12-13)26-2)18(24)22-8-10-23(11-9-22)19-21-15-4-3-7-20-17(15)27-19/h3-7,12H,8-11H2,1-2H3. The number of pyridine rings is 1. The number of nitrogens with zero attached hydrogens (tertiary/aromatic N) is 4. The van der Waals surface area contributed by atoms with Gasteiger partial charge in [0.05, 0.1) is 19.8 Å². The van der Waals surface area contributed by atoms with Gasteiger partial charge < -0.3 is 19.3 Å². The number of ether oxygens (including phenoxy) is 2. The zero-order valence-corrected chi connectivity index (χ0v) is 16.0. The molecule has 0 saturated carbocycles. The molecule has 4 rings (SSSR count). The van der Waals surface area contributed by atoms with Crippen LogP contribution in [0, 0.1) is 0 Å². The van der Waals surface area contributed by atoms with Gasteiger partial charge in [0, 0.05) is 38.4 Å². The van der Waals surface area contributed by atoms with Gasteiger partial charge in [-0.2, -0.15) is 0 Å². The third-order valence-corrected chi connectivity index (χ3v) is 5.67. The molecule has 0 atom stereocenters. The van der Waals surface area contributed by atoms with Crippen molar-refractivity contribution >= 4 is 32.7 Å². The van der Waals surface area contributed by atoms with Gasteiger partial charge in [0.15, 0.2) is 5.13 Å². The highest BCUT2D eigenvalue weighted by Gasteiger charge is 2.26. The Bertz CT molecular complexity index is 933. The molecule has 0 N–H and O–H groups in total. The Labute approximate surface area is 161 Å². The highest BCUT2D eigenvalue weighted by molar-refractivity contribution is 7.21. The molecular formula is C19H20N4O3S. The Morgan fingerprint density at radius 3 is 2.63 bits per heavy atom. The maximum atomic E-state index is 12.9. The first-order valence-electron chi connectivity index (χ1n) is 8.67. The lowest BCUT2D eigenvalue weighted by Gasteiger charge is -2.34. The van der Waals surface area contributed by atoms with Crippen LogP contribution in [-0.2, 0) is 0 Å². The largest absolute Gasteiger partial charge is 0.497 e. The molecule has 1 amide bonds. The number of hydrogen-bond acceptors (Lipinski definition) is 7. The van der Waals surface area contributed by atoms with E-state index in [1.807, 2.05) is 17.0 Å². The zero-order valence-electron chi connectivity index (χ0n) is 15.2. The molecule has 0 radical (unpaired) electrons. The molecule has 1 saturated heterocycles. The summed E-state index contributed by atoms with van der Waals surface area (Å²) < 4.78 is 10.6. The van der Waals surface area contributed by atoms with Gasteiger partial charge in [-0.15, -0.1) is 0 Å². The fraction of sp³-hybridized carbons (Fsp3) is 0.316. The Morgan fingerprint density at radius 1 is 1.11 bits per heavy atom. The van der Waals surface area contributed by atoms with Crippen LogP contribution in [0.3, 0.4) is 0 Å². The van der Waals surface area contributed by atoms with Crippen LogP contribution in [0.15, 0.2) is 36.5 Å². The van der Waals surface area contributed by atoms with E-state index in [2.05, 4.69) is 14.9 Å². The number of carbonyl (C=O) groups is 1. The van der Waals surface area contributed by atoms with Gasteiger partial charge in [-0.25, -0.2) is 9.97 Å². The maximum Gasteiger partial charge on any atom is 0.257 e. The Kier molecular flexibility index (Phi) is 4.81. The Morgan fingerprint density at radius 2 is 1.93 bits per heavy atom. The van der Waals surface area contributed by atoms with Crippen molar-refractivity contribution in [1.29, 1.82) is 0 Å². The molecule has 1 aliphatic heterocycles. The summed E-state index contributed by atoms with van der Waals surface area (Å²) in [5, 5.41) is 0.956. The van der Waals surface area contributed by atoms with E-state index in [0.29, 0.717) is 30.2 Å². The van der Waals surface area contributed by atoms with Crippen molar-refractivity contribution in [3.63, 3.8) is 0 Å². The Balaban J connectivity index is 1.46. The molecule has 0 spiro atoms. The van der Waals surface area contributed by atoms with E-state index in [4.69, 9.17) is 9.47 Å². The number of carbonyl (C=O) groups excluding carboxylic acids is 1. The van der Waals surface area contributed by atoms with Crippen LogP contribution in [0.25, 0.3) is 10.3 Å². The third-order valence-electron chi connectivity index (χ3n) is 4.63. The molecule has 0 bridgehead atoms. The number of thiazole rings is 1. The van der Waals surface area contributed by atoms with E-state index < -0.39 is 0 Å². The maximum absolute atomic E-state index is 12.9. The van der Waals surface area contributed by atoms with E-state index >= 15 is 0 Å². The zero-order chi connectivity index (χ0) is 18.8. The topological polar surface area (TPSA) is 67.8 Å². The normalized spacial score (nSPS) is 14.4. The van der Waals surface area contributed by atoms with Crippen LogP contribution < -0.4 is 14.4 Å². The van der Waals surface area contributed by atoms with E-state index in [0.717, 1.165) is 28.6 Å². The van der Waals surface area contributed by atoms with E-state index in [1.54, 1.807) is 50.0 Å². The summed E-state index contributed by atoms with van der Waals surface area (Å²) in [6.07, 6.45) is 1.78. The quantitative estimate of drug-likeness (QED) is 0.689. The summed E-state index contributed by atoms with van der Waals surface area (Å²) in [6.45, 7) is 2.75. The monoisotopic (exact) mass is 384 g/mol. The van der Waals surface area contributed by atoms with Gasteiger partial charge in [-0.05, 0) is 24.3 Å². The third kappa shape index (κ3) is 3.40. The number of anilines is 1. The lowest BCUT2D eigenvalue weighted by atomic mass is 10.1. The number of fused-ring (bicyclic) bond motifs is 1. The lowest BCUT2D eigenvalue weighted by Crippen LogP contribution is -2.48. The van der Waals surface area contributed by atoms with Crippen LogP contribution >= 0.6 is 11.3 Å². The minimum absolute atomic E-state index is 0.0277. The number of amides is 1. The van der Waals surface area contributed by atoms with Crippen molar-refractivity contribution in [1.82, 2.24) is 14.9 Å². The van der Waals surface area contributed by atoms with E-state index in [1.165, 1.54) is 0 Å². The second-order valence-electron chi connectivity index (χ2n) is 6.17. The SMILES string of the molecule is COc1ccc(C(=O)N2CCN(c3nc4cccnc4s3)CC2)c(OC)c1. The molecule has 1 fully saturated rings. The lowest BCUT2D eigenvalue weighted by molar-refractivity contribution is 0.0743. The second kappa shape index (κ2) is 7.40. The van der Waals surface area contributed by atoms with Crippen LogP contribution in [0.1, 0.15) is 10.4 Å². The van der Waals surface area contributed by atoms with Crippen molar-refractivity contribution in [2.24, 2.45) is 0 Å². The van der Waals surface area contributed by atoms with Crippen LogP contribution in [0.2, 0.25) is 0 Å². The van der Waals surface area contributed by atoms with Crippen LogP contribution in [0.5, 0.6) is 11.5 Å². The van der Waals surface area contributed by atoms with Gasteiger partial charge in [-0.1, -0.05) is 11.3 Å².